The molecule has 10 heteroatoms. The van der Waals surface area contributed by atoms with Crippen LogP contribution in [-0.2, 0) is 28.5 Å². The normalized spacial score (nSPS) is 20.6. The summed E-state index contributed by atoms with van der Waals surface area (Å²) < 4.78 is 22.0. The van der Waals surface area contributed by atoms with Crippen LogP contribution in [-0.4, -0.2) is 89.0 Å². The van der Waals surface area contributed by atoms with Crippen molar-refractivity contribution in [3.05, 3.63) is 24.3 Å². The highest BCUT2D eigenvalue weighted by Gasteiger charge is 2.44. The van der Waals surface area contributed by atoms with Gasteiger partial charge in [0, 0.05) is 12.5 Å². The Kier molecular flexibility index (Phi) is 34.9. The van der Waals surface area contributed by atoms with Crippen molar-refractivity contribution in [1.29, 1.82) is 0 Å². The number of unbranched alkanes of at least 4 members (excludes halogenated alkanes) is 26. The molecule has 1 rings (SSSR count). The van der Waals surface area contributed by atoms with E-state index < -0.39 is 55.4 Å². The van der Waals surface area contributed by atoms with E-state index in [-0.39, 0.29) is 19.6 Å². The van der Waals surface area contributed by atoms with Crippen molar-refractivity contribution in [3.8, 4) is 0 Å². The first-order chi connectivity index (χ1) is 27.3. The lowest BCUT2D eigenvalue weighted by Crippen LogP contribution is -2.59. The first-order valence-electron chi connectivity index (χ1n) is 23.0. The van der Waals surface area contributed by atoms with Crippen molar-refractivity contribution in [2.75, 3.05) is 19.8 Å². The third kappa shape index (κ3) is 28.6. The molecule has 0 radical (unpaired) electrons. The maximum Gasteiger partial charge on any atom is 0.331 e. The Morgan fingerprint density at radius 1 is 0.589 bits per heavy atom. The number of allylic oxidation sites excluding steroid dienone is 3. The molecule has 0 spiro atoms. The Morgan fingerprint density at radius 2 is 1.05 bits per heavy atom. The van der Waals surface area contributed by atoms with Gasteiger partial charge in [-0.1, -0.05) is 193 Å². The molecule has 0 aromatic rings. The summed E-state index contributed by atoms with van der Waals surface area (Å²) in [6.45, 7) is 3.33. The zero-order chi connectivity index (χ0) is 40.9. The topological polar surface area (TPSA) is 152 Å². The minimum absolute atomic E-state index is 0.260. The zero-order valence-electron chi connectivity index (χ0n) is 35.6. The summed E-state index contributed by atoms with van der Waals surface area (Å²) in [6.07, 6.45) is 33.8. The molecule has 1 heterocycles. The first-order valence-corrected chi connectivity index (χ1v) is 23.0. The van der Waals surface area contributed by atoms with Crippen molar-refractivity contribution in [2.45, 2.75) is 237 Å². The highest BCUT2D eigenvalue weighted by atomic mass is 16.7. The van der Waals surface area contributed by atoms with Crippen molar-refractivity contribution in [1.82, 2.24) is 0 Å². The van der Waals surface area contributed by atoms with Crippen molar-refractivity contribution in [3.63, 3.8) is 0 Å². The smallest absolute Gasteiger partial charge is 0.331 e. The second kappa shape index (κ2) is 37.5. The van der Waals surface area contributed by atoms with Gasteiger partial charge in [-0.2, -0.15) is 0 Å². The van der Waals surface area contributed by atoms with Gasteiger partial charge in [0.25, 0.3) is 0 Å². The van der Waals surface area contributed by atoms with Crippen LogP contribution in [0.3, 0.4) is 0 Å². The number of hydrogen-bond donors (Lipinski definition) is 4. The average molecular weight is 797 g/mol. The molecule has 4 N–H and O–H groups in total. The zero-order valence-corrected chi connectivity index (χ0v) is 35.6. The first kappa shape index (κ1) is 52.2. The molecule has 0 saturated carbocycles. The minimum Gasteiger partial charge on any atom is -0.462 e. The third-order valence-electron chi connectivity index (χ3n) is 10.7. The van der Waals surface area contributed by atoms with Crippen LogP contribution >= 0.6 is 0 Å². The largest absolute Gasteiger partial charge is 0.462 e. The van der Waals surface area contributed by atoms with Crippen LogP contribution in [0.15, 0.2) is 24.3 Å². The number of rotatable bonds is 38. The number of esters is 2. The van der Waals surface area contributed by atoms with Crippen LogP contribution < -0.4 is 0 Å². The van der Waals surface area contributed by atoms with Crippen LogP contribution in [0.2, 0.25) is 0 Å². The van der Waals surface area contributed by atoms with Gasteiger partial charge in [-0.15, -0.1) is 0 Å². The van der Waals surface area contributed by atoms with Gasteiger partial charge in [-0.05, 0) is 19.3 Å². The molecule has 10 nitrogen and oxygen atoms in total. The van der Waals surface area contributed by atoms with E-state index in [0.29, 0.717) is 0 Å². The Bertz CT molecular complexity index is 970. The van der Waals surface area contributed by atoms with Crippen molar-refractivity contribution >= 4 is 11.9 Å². The van der Waals surface area contributed by atoms with Crippen LogP contribution in [0.4, 0.5) is 0 Å². The van der Waals surface area contributed by atoms with E-state index in [4.69, 9.17) is 18.9 Å². The molecule has 0 bridgehead atoms. The van der Waals surface area contributed by atoms with E-state index in [1.165, 1.54) is 154 Å². The molecule has 1 fully saturated rings. The van der Waals surface area contributed by atoms with Gasteiger partial charge in [-0.3, -0.25) is 4.79 Å². The van der Waals surface area contributed by atoms with Gasteiger partial charge in [0.2, 0.25) is 0 Å². The lowest BCUT2D eigenvalue weighted by atomic mass is 9.99. The number of aliphatic hydroxyl groups is 4. The summed E-state index contributed by atoms with van der Waals surface area (Å²) in [4.78, 5) is 25.2. The second-order valence-electron chi connectivity index (χ2n) is 15.9. The molecule has 328 valence electrons. The molecule has 0 aliphatic carbocycles. The number of ether oxygens (including phenoxy) is 4. The fraction of sp³-hybridized carbons (Fsp3) is 0.870. The lowest BCUT2D eigenvalue weighted by Gasteiger charge is -2.39. The highest BCUT2D eigenvalue weighted by Crippen LogP contribution is 2.22. The maximum atomic E-state index is 12.7. The summed E-state index contributed by atoms with van der Waals surface area (Å²) in [5.41, 5.74) is 0. The lowest BCUT2D eigenvalue weighted by molar-refractivity contribution is -0.305. The summed E-state index contributed by atoms with van der Waals surface area (Å²) in [5, 5.41) is 40.0. The minimum atomic E-state index is -1.61. The fourth-order valence-electron chi connectivity index (χ4n) is 7.04. The Morgan fingerprint density at radius 3 is 1.54 bits per heavy atom. The summed E-state index contributed by atoms with van der Waals surface area (Å²) in [6, 6.07) is 0. The van der Waals surface area contributed by atoms with Gasteiger partial charge in [0.05, 0.1) is 13.2 Å². The molecular formula is C46H84O10. The summed E-state index contributed by atoms with van der Waals surface area (Å²) in [7, 11) is 0. The van der Waals surface area contributed by atoms with E-state index >= 15 is 0 Å². The Labute approximate surface area is 341 Å². The van der Waals surface area contributed by atoms with Gasteiger partial charge in [-0.25, -0.2) is 4.79 Å². The predicted molar refractivity (Wildman–Crippen MR) is 224 cm³/mol. The van der Waals surface area contributed by atoms with E-state index in [1.54, 1.807) is 6.08 Å². The monoisotopic (exact) mass is 797 g/mol. The number of carbonyl (C=O) groups excluding carboxylic acids is 2. The summed E-state index contributed by atoms with van der Waals surface area (Å²) >= 11 is 0. The van der Waals surface area contributed by atoms with Crippen LogP contribution in [0.5, 0.6) is 0 Å². The summed E-state index contributed by atoms with van der Waals surface area (Å²) in [5.74, 6) is -1.05. The number of aliphatic hydroxyl groups excluding tert-OH is 4. The Balaban J connectivity index is 2.36. The van der Waals surface area contributed by atoms with Gasteiger partial charge < -0.3 is 39.4 Å². The molecule has 0 amide bonds. The van der Waals surface area contributed by atoms with Crippen molar-refractivity contribution in [2.24, 2.45) is 0 Å². The molecule has 2 unspecified atom stereocenters. The van der Waals surface area contributed by atoms with Crippen LogP contribution in [0, 0.1) is 0 Å². The average Bonchev–Trinajstić information content (AvgIpc) is 3.19. The Hall–Kier alpha value is -1.82. The van der Waals surface area contributed by atoms with E-state index in [1.807, 2.05) is 12.2 Å². The van der Waals surface area contributed by atoms with Gasteiger partial charge >= 0.3 is 11.9 Å². The van der Waals surface area contributed by atoms with Crippen molar-refractivity contribution < 1.29 is 49.0 Å². The second-order valence-corrected chi connectivity index (χ2v) is 15.9. The van der Waals surface area contributed by atoms with Gasteiger partial charge in [0.1, 0.15) is 31.0 Å². The van der Waals surface area contributed by atoms with Gasteiger partial charge in [0.15, 0.2) is 12.4 Å². The standard InChI is InChI=1S/C46H84O10/c1-3-5-7-9-11-13-15-17-19-21-22-24-26-28-30-32-34-41(48)53-37-39(38-54-46-45(52)44(51)43(50)40(36-47)56-46)55-42(49)35-33-31-29-27-25-23-20-18-16-14-12-10-8-6-4-2/h29,31,33,35,39-40,43-47,50-52H,3-28,30,32,34,36-38H2,1-2H3/b31-29+,35-33+/t39-,40-,43+,44?,45?,46-/m0/s1. The molecule has 1 aliphatic heterocycles. The fourth-order valence-corrected chi connectivity index (χ4v) is 7.04. The molecule has 1 saturated heterocycles. The SMILES string of the molecule is CCCCCCCCCCCCC/C=C/C=C/C(=O)O[C@@H](COC(=O)CCCCCCCCCCCCCCCCCC)CO[C@H]1O[C@@H](CO)[C@@H](O)C(O)C1O. The quantitative estimate of drug-likeness (QED) is 0.0206. The predicted octanol–water partition coefficient (Wildman–Crippen LogP) is 9.72. The molecule has 6 atom stereocenters. The van der Waals surface area contributed by atoms with E-state index in [2.05, 4.69) is 13.8 Å². The molecule has 1 aliphatic rings. The molecular weight excluding hydrogens is 712 g/mol. The van der Waals surface area contributed by atoms with Crippen LogP contribution in [0.1, 0.15) is 200 Å². The van der Waals surface area contributed by atoms with E-state index in [0.717, 1.165) is 32.1 Å². The van der Waals surface area contributed by atoms with Crippen LogP contribution in [0.25, 0.3) is 0 Å². The number of hydrogen-bond acceptors (Lipinski definition) is 10. The maximum absolute atomic E-state index is 12.7. The highest BCUT2D eigenvalue weighted by molar-refractivity contribution is 5.82. The molecule has 0 aromatic heterocycles. The van der Waals surface area contributed by atoms with E-state index in [9.17, 15) is 30.0 Å². The molecule has 56 heavy (non-hydrogen) atoms. The third-order valence-corrected chi connectivity index (χ3v) is 10.7. The number of carbonyl (C=O) groups is 2. The molecule has 0 aromatic carbocycles.